The molecule has 3 aromatic rings. The van der Waals surface area contributed by atoms with Crippen molar-refractivity contribution in [2.75, 3.05) is 36.5 Å². The minimum atomic E-state index is -4.74. The second-order valence-corrected chi connectivity index (χ2v) is 7.86. The quantitative estimate of drug-likeness (QED) is 0.571. The molecule has 1 aromatic carbocycles. The zero-order chi connectivity index (χ0) is 24.5. The Morgan fingerprint density at radius 3 is 2.59 bits per heavy atom. The lowest BCUT2D eigenvalue weighted by Gasteiger charge is -2.29. The smallest absolute Gasteiger partial charge is 0.410 e. The normalized spacial score (nSPS) is 15.3. The molecule has 4 rings (SSSR count). The van der Waals surface area contributed by atoms with Crippen LogP contribution in [0.15, 0.2) is 30.3 Å². The molecule has 1 atom stereocenters. The number of morpholine rings is 1. The zero-order valence-electron chi connectivity index (χ0n) is 18.5. The minimum Gasteiger partial charge on any atom is -0.410 e. The molecule has 0 aliphatic carbocycles. The highest BCUT2D eigenvalue weighted by Gasteiger charge is 2.34. The Morgan fingerprint density at radius 2 is 1.91 bits per heavy atom. The van der Waals surface area contributed by atoms with Crippen molar-refractivity contribution >= 4 is 28.4 Å². The summed E-state index contributed by atoms with van der Waals surface area (Å²) in [6, 6.07) is 7.03. The van der Waals surface area contributed by atoms with Gasteiger partial charge in [-0.3, -0.25) is 0 Å². The average molecular weight is 476 g/mol. The molecule has 1 aliphatic heterocycles. The van der Waals surface area contributed by atoms with E-state index in [-0.39, 0.29) is 11.4 Å². The number of anilines is 2. The number of aromatic nitrogens is 3. The molecule has 1 fully saturated rings. The molecule has 2 aromatic heterocycles. The van der Waals surface area contributed by atoms with Crippen LogP contribution in [0.1, 0.15) is 30.0 Å². The number of aryl methyl sites for hydroxylation is 1. The Labute approximate surface area is 193 Å². The fraction of sp³-hybridized carbons (Fsp3) is 0.364. The fourth-order valence-corrected chi connectivity index (χ4v) is 3.75. The van der Waals surface area contributed by atoms with Crippen molar-refractivity contribution in [2.45, 2.75) is 26.1 Å². The molecule has 0 bridgehead atoms. The Bertz CT molecular complexity index is 1210. The van der Waals surface area contributed by atoms with Crippen molar-refractivity contribution < 1.29 is 27.4 Å². The fourth-order valence-electron chi connectivity index (χ4n) is 3.75. The molecule has 0 unspecified atom stereocenters. The number of hydrogen-bond acceptors (Lipinski definition) is 8. The summed E-state index contributed by atoms with van der Waals surface area (Å²) in [7, 11) is 0. The van der Waals surface area contributed by atoms with E-state index in [0.717, 1.165) is 35.2 Å². The van der Waals surface area contributed by atoms with E-state index in [2.05, 4.69) is 30.1 Å². The van der Waals surface area contributed by atoms with Crippen molar-refractivity contribution in [3.05, 3.63) is 47.4 Å². The van der Waals surface area contributed by atoms with Crippen LogP contribution < -0.4 is 20.7 Å². The van der Waals surface area contributed by atoms with Crippen molar-refractivity contribution in [1.82, 2.24) is 15.2 Å². The lowest BCUT2D eigenvalue weighted by atomic mass is 10.1. The van der Waals surface area contributed by atoms with Gasteiger partial charge in [-0.2, -0.15) is 18.3 Å². The maximum Gasteiger partial charge on any atom is 0.433 e. The monoisotopic (exact) mass is 476 g/mol. The van der Waals surface area contributed by atoms with Gasteiger partial charge in [-0.05, 0) is 26.0 Å². The summed E-state index contributed by atoms with van der Waals surface area (Å²) in [5.41, 5.74) is 5.46. The second kappa shape index (κ2) is 9.29. The van der Waals surface area contributed by atoms with Crippen LogP contribution in [-0.4, -0.2) is 47.6 Å². The Morgan fingerprint density at radius 1 is 1.18 bits per heavy atom. The van der Waals surface area contributed by atoms with Gasteiger partial charge in [-0.1, -0.05) is 6.07 Å². The molecule has 9 nitrogen and oxygen atoms in total. The number of amides is 1. The van der Waals surface area contributed by atoms with Crippen molar-refractivity contribution in [2.24, 2.45) is 5.73 Å². The van der Waals surface area contributed by atoms with Gasteiger partial charge in [0.15, 0.2) is 5.82 Å². The number of benzene rings is 1. The van der Waals surface area contributed by atoms with Crippen molar-refractivity contribution in [3.63, 3.8) is 0 Å². The number of pyridine rings is 1. The summed E-state index contributed by atoms with van der Waals surface area (Å²) in [4.78, 5) is 17.0. The van der Waals surface area contributed by atoms with Crippen LogP contribution in [0.3, 0.4) is 0 Å². The highest BCUT2D eigenvalue weighted by Crippen LogP contribution is 2.34. The van der Waals surface area contributed by atoms with Crippen LogP contribution in [-0.2, 0) is 10.9 Å². The number of nitrogens with zero attached hydrogens (tertiary/aromatic N) is 4. The van der Waals surface area contributed by atoms with Gasteiger partial charge in [0, 0.05) is 41.7 Å². The number of ether oxygens (including phenoxy) is 2. The van der Waals surface area contributed by atoms with Gasteiger partial charge >= 0.3 is 12.3 Å². The first-order valence-corrected chi connectivity index (χ1v) is 10.5. The first kappa shape index (κ1) is 23.5. The van der Waals surface area contributed by atoms with E-state index in [0.29, 0.717) is 25.1 Å². The van der Waals surface area contributed by atoms with Gasteiger partial charge in [-0.15, -0.1) is 5.10 Å². The number of nitrogens with two attached hydrogens (primary N) is 1. The van der Waals surface area contributed by atoms with Gasteiger partial charge in [0.25, 0.3) is 0 Å². The largest absolute Gasteiger partial charge is 0.433 e. The Kier molecular flexibility index (Phi) is 6.42. The molecule has 180 valence electrons. The van der Waals surface area contributed by atoms with Gasteiger partial charge in [0.2, 0.25) is 0 Å². The predicted octanol–water partition coefficient (Wildman–Crippen LogP) is 3.82. The summed E-state index contributed by atoms with van der Waals surface area (Å²) in [5.74, 6) is 0.0349. The molecule has 1 amide bonds. The highest BCUT2D eigenvalue weighted by molar-refractivity contribution is 5.95. The maximum atomic E-state index is 13.4. The topological polar surface area (TPSA) is 115 Å². The maximum absolute atomic E-state index is 13.4. The van der Waals surface area contributed by atoms with Crippen molar-refractivity contribution in [1.29, 1.82) is 0 Å². The SMILES string of the molecule is Cc1nnc(N[C@H](C)c2cc(OC(N)=O)cc(C(F)(F)F)n2)c2cc(N3CCOCC3)ccc12. The van der Waals surface area contributed by atoms with Crippen LogP contribution in [0.2, 0.25) is 0 Å². The highest BCUT2D eigenvalue weighted by atomic mass is 19.4. The van der Waals surface area contributed by atoms with Crippen LogP contribution in [0, 0.1) is 6.92 Å². The van der Waals surface area contributed by atoms with Crippen molar-refractivity contribution in [3.8, 4) is 5.75 Å². The molecule has 0 radical (unpaired) electrons. The van der Waals surface area contributed by atoms with Gasteiger partial charge in [0.05, 0.1) is 30.6 Å². The number of halogens is 3. The standard InChI is InChI=1S/C22H23F3N6O3/c1-12-16-4-3-14(31-5-7-33-8-6-31)9-17(16)20(30-29-12)27-13(2)18-10-15(34-21(26)32)11-19(28-18)22(23,24)25/h3-4,9-11,13H,5-8H2,1-2H3,(H2,26,32)(H,27,30)/t13-/m1/s1. The zero-order valence-corrected chi connectivity index (χ0v) is 18.5. The summed E-state index contributed by atoms with van der Waals surface area (Å²) >= 11 is 0. The third-order valence-electron chi connectivity index (χ3n) is 5.45. The third kappa shape index (κ3) is 5.11. The number of hydrogen-bond donors (Lipinski definition) is 2. The second-order valence-electron chi connectivity index (χ2n) is 7.86. The first-order chi connectivity index (χ1) is 16.1. The minimum absolute atomic E-state index is 0.00839. The van der Waals surface area contributed by atoms with Crippen LogP contribution in [0.5, 0.6) is 5.75 Å². The summed E-state index contributed by atoms with van der Waals surface area (Å²) in [6.07, 6.45) is -5.97. The molecule has 3 N–H and O–H groups in total. The molecule has 1 saturated heterocycles. The Hall–Kier alpha value is -3.67. The number of carbonyl (C=O) groups excluding carboxylic acids is 1. The molecule has 0 spiro atoms. The number of carbonyl (C=O) groups is 1. The molecule has 0 saturated carbocycles. The van der Waals surface area contributed by atoms with Crippen LogP contribution >= 0.6 is 0 Å². The number of primary amides is 1. The molecule has 3 heterocycles. The number of alkyl halides is 3. The van der Waals surface area contributed by atoms with Gasteiger partial charge in [0.1, 0.15) is 11.4 Å². The van der Waals surface area contributed by atoms with Gasteiger partial charge < -0.3 is 25.4 Å². The van der Waals surface area contributed by atoms with E-state index in [1.165, 1.54) is 6.07 Å². The van der Waals surface area contributed by atoms with E-state index >= 15 is 0 Å². The molecular formula is C22H23F3N6O3. The summed E-state index contributed by atoms with van der Waals surface area (Å²) in [5, 5.41) is 13.1. The molecular weight excluding hydrogens is 453 g/mol. The van der Waals surface area contributed by atoms with E-state index in [1.54, 1.807) is 6.92 Å². The molecule has 1 aliphatic rings. The summed E-state index contributed by atoms with van der Waals surface area (Å²) < 4.78 is 50.2. The molecule has 12 heteroatoms. The number of fused-ring (bicyclic) bond motifs is 1. The number of rotatable bonds is 5. The Balaban J connectivity index is 1.70. The molecule has 34 heavy (non-hydrogen) atoms. The van der Waals surface area contributed by atoms with E-state index < -0.39 is 24.0 Å². The van der Waals surface area contributed by atoms with Gasteiger partial charge in [-0.25, -0.2) is 9.78 Å². The lowest BCUT2D eigenvalue weighted by molar-refractivity contribution is -0.141. The van der Waals surface area contributed by atoms with Crippen LogP contribution in [0.25, 0.3) is 10.8 Å². The van der Waals surface area contributed by atoms with E-state index in [1.807, 2.05) is 25.1 Å². The van der Waals surface area contributed by atoms with Crippen LogP contribution in [0.4, 0.5) is 29.5 Å². The van der Waals surface area contributed by atoms with E-state index in [9.17, 15) is 18.0 Å². The third-order valence-corrected chi connectivity index (χ3v) is 5.45. The average Bonchev–Trinajstić information content (AvgIpc) is 2.80. The first-order valence-electron chi connectivity index (χ1n) is 10.5. The predicted molar refractivity (Wildman–Crippen MR) is 119 cm³/mol. The summed E-state index contributed by atoms with van der Waals surface area (Å²) in [6.45, 7) is 6.21. The number of nitrogens with one attached hydrogen (secondary N) is 1. The van der Waals surface area contributed by atoms with E-state index in [4.69, 9.17) is 10.5 Å². The lowest BCUT2D eigenvalue weighted by Crippen LogP contribution is -2.36.